The van der Waals surface area contributed by atoms with Gasteiger partial charge in [-0.3, -0.25) is 9.59 Å². The molecule has 0 aliphatic carbocycles. The minimum absolute atomic E-state index is 0.00916. The van der Waals surface area contributed by atoms with Gasteiger partial charge in [0.25, 0.3) is 5.91 Å². The van der Waals surface area contributed by atoms with Crippen LogP contribution >= 0.6 is 0 Å². The van der Waals surface area contributed by atoms with Crippen LogP contribution in [-0.4, -0.2) is 18.4 Å². The second kappa shape index (κ2) is 6.82. The topological polar surface area (TPSA) is 49.4 Å². The molecule has 0 spiro atoms. The van der Waals surface area contributed by atoms with Crippen molar-refractivity contribution >= 4 is 23.2 Å². The van der Waals surface area contributed by atoms with Crippen molar-refractivity contribution in [3.8, 4) is 0 Å². The largest absolute Gasteiger partial charge is 0.416 e. The van der Waals surface area contributed by atoms with Crippen molar-refractivity contribution in [3.05, 3.63) is 59.2 Å². The van der Waals surface area contributed by atoms with Crippen LogP contribution in [0.1, 0.15) is 34.8 Å². The van der Waals surface area contributed by atoms with Crippen LogP contribution in [-0.2, 0) is 17.4 Å². The summed E-state index contributed by atoms with van der Waals surface area (Å²) in [5.74, 6) is -0.646. The highest BCUT2D eigenvalue weighted by atomic mass is 19.4. The van der Waals surface area contributed by atoms with Gasteiger partial charge < -0.3 is 10.2 Å². The van der Waals surface area contributed by atoms with E-state index >= 15 is 0 Å². The molecule has 136 valence electrons. The van der Waals surface area contributed by atoms with Crippen molar-refractivity contribution in [1.29, 1.82) is 0 Å². The third-order valence-electron chi connectivity index (χ3n) is 4.29. The number of carbonyl (C=O) groups excluding carboxylic acids is 2. The van der Waals surface area contributed by atoms with Gasteiger partial charge in [0.1, 0.15) is 0 Å². The third kappa shape index (κ3) is 3.56. The van der Waals surface area contributed by atoms with Gasteiger partial charge in [0.15, 0.2) is 0 Å². The molecule has 1 aliphatic heterocycles. The second-order valence-corrected chi connectivity index (χ2v) is 6.03. The normalized spacial score (nSPS) is 13.5. The Balaban J connectivity index is 1.82. The molecule has 0 saturated heterocycles. The first-order valence-corrected chi connectivity index (χ1v) is 8.21. The molecule has 1 heterocycles. The lowest BCUT2D eigenvalue weighted by atomic mass is 10.1. The summed E-state index contributed by atoms with van der Waals surface area (Å²) in [5.41, 5.74) is 1.21. The maximum absolute atomic E-state index is 12.8. The van der Waals surface area contributed by atoms with Crippen molar-refractivity contribution in [2.45, 2.75) is 25.9 Å². The Bertz CT molecular complexity index is 862. The van der Waals surface area contributed by atoms with E-state index in [4.69, 9.17) is 0 Å². The van der Waals surface area contributed by atoms with Crippen LogP contribution in [0.25, 0.3) is 0 Å². The first kappa shape index (κ1) is 18.0. The molecule has 0 atom stereocenters. The Kier molecular flexibility index (Phi) is 4.71. The summed E-state index contributed by atoms with van der Waals surface area (Å²) in [6.07, 6.45) is -3.39. The van der Waals surface area contributed by atoms with E-state index in [1.165, 1.54) is 12.1 Å². The summed E-state index contributed by atoms with van der Waals surface area (Å²) in [4.78, 5) is 26.0. The average molecular weight is 362 g/mol. The number of nitrogens with one attached hydrogen (secondary N) is 1. The molecule has 0 unspecified atom stereocenters. The maximum atomic E-state index is 12.8. The van der Waals surface area contributed by atoms with Crippen LogP contribution in [0.3, 0.4) is 0 Å². The van der Waals surface area contributed by atoms with E-state index < -0.39 is 17.6 Å². The fourth-order valence-corrected chi connectivity index (χ4v) is 2.95. The predicted octanol–water partition coefficient (Wildman–Crippen LogP) is 4.26. The quantitative estimate of drug-likeness (QED) is 0.887. The Hall–Kier alpha value is -2.83. The first-order chi connectivity index (χ1) is 12.3. The highest BCUT2D eigenvalue weighted by molar-refractivity contribution is 6.05. The SMILES string of the molecule is CCC(=O)N1CCc2ccc(NC(=O)c3cccc(C(F)(F)F)c3)cc21. The van der Waals surface area contributed by atoms with Crippen molar-refractivity contribution < 1.29 is 22.8 Å². The fourth-order valence-electron chi connectivity index (χ4n) is 2.95. The summed E-state index contributed by atoms with van der Waals surface area (Å²) in [6.45, 7) is 2.37. The van der Waals surface area contributed by atoms with Crippen LogP contribution in [0.4, 0.5) is 24.5 Å². The van der Waals surface area contributed by atoms with E-state index in [-0.39, 0.29) is 11.5 Å². The van der Waals surface area contributed by atoms with Crippen molar-refractivity contribution in [3.63, 3.8) is 0 Å². The molecule has 2 aromatic carbocycles. The van der Waals surface area contributed by atoms with E-state index in [0.717, 1.165) is 29.8 Å². The van der Waals surface area contributed by atoms with Gasteiger partial charge in [-0.25, -0.2) is 0 Å². The lowest BCUT2D eigenvalue weighted by Gasteiger charge is -2.17. The molecule has 0 saturated carbocycles. The molecule has 0 radical (unpaired) electrons. The number of rotatable bonds is 3. The monoisotopic (exact) mass is 362 g/mol. The van der Waals surface area contributed by atoms with Crippen LogP contribution < -0.4 is 10.2 Å². The van der Waals surface area contributed by atoms with Gasteiger partial charge in [0.2, 0.25) is 5.91 Å². The highest BCUT2D eigenvalue weighted by Crippen LogP contribution is 2.32. The number of fused-ring (bicyclic) bond motifs is 1. The zero-order chi connectivity index (χ0) is 18.9. The summed E-state index contributed by atoms with van der Waals surface area (Å²) in [7, 11) is 0. The van der Waals surface area contributed by atoms with E-state index in [0.29, 0.717) is 18.7 Å². The molecule has 3 rings (SSSR count). The summed E-state index contributed by atoms with van der Waals surface area (Å²) >= 11 is 0. The molecule has 1 N–H and O–H groups in total. The second-order valence-electron chi connectivity index (χ2n) is 6.03. The van der Waals surface area contributed by atoms with Gasteiger partial charge in [-0.05, 0) is 42.3 Å². The number of alkyl halides is 3. The molecule has 0 fully saturated rings. The van der Waals surface area contributed by atoms with Gasteiger partial charge in [-0.1, -0.05) is 19.1 Å². The van der Waals surface area contributed by atoms with Crippen molar-refractivity contribution in [1.82, 2.24) is 0 Å². The molecule has 4 nitrogen and oxygen atoms in total. The number of hydrogen-bond donors (Lipinski definition) is 1. The predicted molar refractivity (Wildman–Crippen MR) is 92.2 cm³/mol. The van der Waals surface area contributed by atoms with E-state index in [2.05, 4.69) is 5.32 Å². The molecule has 0 aromatic heterocycles. The van der Waals surface area contributed by atoms with Gasteiger partial charge >= 0.3 is 6.18 Å². The summed E-state index contributed by atoms with van der Waals surface area (Å²) in [5, 5.41) is 2.60. The van der Waals surface area contributed by atoms with Crippen LogP contribution in [0.2, 0.25) is 0 Å². The van der Waals surface area contributed by atoms with E-state index in [1.54, 1.807) is 24.0 Å². The average Bonchev–Trinajstić information content (AvgIpc) is 3.03. The number of amides is 2. The van der Waals surface area contributed by atoms with Crippen molar-refractivity contribution in [2.24, 2.45) is 0 Å². The minimum Gasteiger partial charge on any atom is -0.322 e. The zero-order valence-corrected chi connectivity index (χ0v) is 14.1. The first-order valence-electron chi connectivity index (χ1n) is 8.21. The summed E-state index contributed by atoms with van der Waals surface area (Å²) < 4.78 is 38.4. The lowest BCUT2D eigenvalue weighted by molar-refractivity contribution is -0.137. The fraction of sp³-hybridized carbons (Fsp3) is 0.263. The Labute approximate surface area is 148 Å². The van der Waals surface area contributed by atoms with Gasteiger partial charge in [-0.15, -0.1) is 0 Å². The number of nitrogens with zero attached hydrogens (tertiary/aromatic N) is 1. The summed E-state index contributed by atoms with van der Waals surface area (Å²) in [6, 6.07) is 9.44. The number of hydrogen-bond acceptors (Lipinski definition) is 2. The van der Waals surface area contributed by atoms with E-state index in [9.17, 15) is 22.8 Å². The third-order valence-corrected chi connectivity index (χ3v) is 4.29. The molecule has 7 heteroatoms. The van der Waals surface area contributed by atoms with Crippen LogP contribution in [0, 0.1) is 0 Å². The molecular formula is C19H17F3N2O2. The molecule has 1 aliphatic rings. The molecule has 2 aromatic rings. The number of carbonyl (C=O) groups is 2. The Morgan fingerprint density at radius 3 is 2.62 bits per heavy atom. The Morgan fingerprint density at radius 2 is 1.92 bits per heavy atom. The molecule has 0 bridgehead atoms. The smallest absolute Gasteiger partial charge is 0.322 e. The number of benzene rings is 2. The highest BCUT2D eigenvalue weighted by Gasteiger charge is 2.31. The molecular weight excluding hydrogens is 345 g/mol. The Morgan fingerprint density at radius 1 is 1.15 bits per heavy atom. The zero-order valence-electron chi connectivity index (χ0n) is 14.1. The maximum Gasteiger partial charge on any atom is 0.416 e. The van der Waals surface area contributed by atoms with E-state index in [1.807, 2.05) is 6.07 Å². The van der Waals surface area contributed by atoms with Crippen molar-refractivity contribution in [2.75, 3.05) is 16.8 Å². The number of halogens is 3. The standard InChI is InChI=1S/C19H17F3N2O2/c1-2-17(25)24-9-8-12-6-7-15(11-16(12)24)23-18(26)13-4-3-5-14(10-13)19(20,21)22/h3-7,10-11H,2,8-9H2,1H3,(H,23,26). The molecule has 26 heavy (non-hydrogen) atoms. The molecule has 2 amide bonds. The van der Waals surface area contributed by atoms with Gasteiger partial charge in [-0.2, -0.15) is 13.2 Å². The van der Waals surface area contributed by atoms with Gasteiger partial charge in [0.05, 0.1) is 5.56 Å². The lowest BCUT2D eigenvalue weighted by Crippen LogP contribution is -2.27. The minimum atomic E-state index is -4.51. The number of anilines is 2. The van der Waals surface area contributed by atoms with Crippen LogP contribution in [0.5, 0.6) is 0 Å². The van der Waals surface area contributed by atoms with Gasteiger partial charge in [0, 0.05) is 29.9 Å². The van der Waals surface area contributed by atoms with Crippen LogP contribution in [0.15, 0.2) is 42.5 Å².